The van der Waals surface area contributed by atoms with Crippen LogP contribution in [0.4, 0.5) is 0 Å². The van der Waals surface area contributed by atoms with Crippen molar-refractivity contribution in [2.24, 2.45) is 0 Å². The lowest BCUT2D eigenvalue weighted by atomic mass is 10.1. The van der Waals surface area contributed by atoms with Crippen molar-refractivity contribution >= 4 is 12.1 Å². The molecule has 0 amide bonds. The van der Waals surface area contributed by atoms with Crippen LogP contribution in [-0.4, -0.2) is 17.2 Å². The highest BCUT2D eigenvalue weighted by Crippen LogP contribution is 2.07. The van der Waals surface area contributed by atoms with Crippen LogP contribution in [0.2, 0.25) is 0 Å². The Morgan fingerprint density at radius 3 is 2.36 bits per heavy atom. The van der Waals surface area contributed by atoms with Crippen molar-refractivity contribution in [3.63, 3.8) is 0 Å². The fourth-order valence-electron chi connectivity index (χ4n) is 1.09. The summed E-state index contributed by atoms with van der Waals surface area (Å²) >= 11 is 0. The lowest BCUT2D eigenvalue weighted by Crippen LogP contribution is -1.99. The molecule has 1 aromatic rings. The molecule has 1 aromatic carbocycles. The summed E-state index contributed by atoms with van der Waals surface area (Å²) in [6.45, 7) is 3.36. The number of rotatable bonds is 4. The van der Waals surface area contributed by atoms with Crippen LogP contribution >= 0.6 is 0 Å². The van der Waals surface area contributed by atoms with E-state index in [1.807, 2.05) is 0 Å². The fourth-order valence-corrected chi connectivity index (χ4v) is 1.09. The van der Waals surface area contributed by atoms with Gasteiger partial charge in [0, 0.05) is 12.0 Å². The first-order valence-corrected chi connectivity index (χ1v) is 4.08. The van der Waals surface area contributed by atoms with Crippen LogP contribution < -0.4 is 0 Å². The SMILES string of the molecule is C=C(O)Cc1ccc(C(=O)C=O)cc1. The monoisotopic (exact) mass is 190 g/mol. The molecule has 0 fully saturated rings. The van der Waals surface area contributed by atoms with Crippen LogP contribution in [0.5, 0.6) is 0 Å². The maximum atomic E-state index is 10.9. The molecule has 0 radical (unpaired) electrons. The number of allylic oxidation sites excluding steroid dienone is 1. The number of carbonyl (C=O) groups excluding carboxylic acids is 2. The van der Waals surface area contributed by atoms with Gasteiger partial charge in [-0.3, -0.25) is 9.59 Å². The van der Waals surface area contributed by atoms with Crippen molar-refractivity contribution in [1.82, 2.24) is 0 Å². The van der Waals surface area contributed by atoms with Crippen molar-refractivity contribution in [2.75, 3.05) is 0 Å². The lowest BCUT2D eigenvalue weighted by Gasteiger charge is -2.00. The molecule has 3 nitrogen and oxygen atoms in total. The van der Waals surface area contributed by atoms with Crippen LogP contribution in [0.3, 0.4) is 0 Å². The predicted molar refractivity (Wildman–Crippen MR) is 52.3 cm³/mol. The Morgan fingerprint density at radius 2 is 1.93 bits per heavy atom. The number of carbonyl (C=O) groups is 2. The summed E-state index contributed by atoms with van der Waals surface area (Å²) in [5.74, 6) is -0.473. The standard InChI is InChI=1S/C11H10O3/c1-8(13)6-9-2-4-10(5-3-9)11(14)7-12/h2-5,7,13H,1,6H2. The van der Waals surface area contributed by atoms with Crippen LogP contribution in [0.15, 0.2) is 36.6 Å². The first-order chi connectivity index (χ1) is 6.63. The first-order valence-electron chi connectivity index (χ1n) is 4.08. The average Bonchev–Trinajstić information content (AvgIpc) is 2.17. The number of hydrogen-bond donors (Lipinski definition) is 1. The number of benzene rings is 1. The fraction of sp³-hybridized carbons (Fsp3) is 0.0909. The van der Waals surface area contributed by atoms with Gasteiger partial charge in [0.15, 0.2) is 6.29 Å². The Kier molecular flexibility index (Phi) is 3.18. The van der Waals surface area contributed by atoms with Gasteiger partial charge in [-0.15, -0.1) is 0 Å². The number of aldehydes is 1. The van der Waals surface area contributed by atoms with E-state index in [1.54, 1.807) is 24.3 Å². The number of hydrogen-bond acceptors (Lipinski definition) is 3. The van der Waals surface area contributed by atoms with Crippen molar-refractivity contribution in [1.29, 1.82) is 0 Å². The van der Waals surface area contributed by atoms with E-state index in [9.17, 15) is 9.59 Å². The molecule has 0 saturated heterocycles. The maximum Gasteiger partial charge on any atom is 0.225 e. The Hall–Kier alpha value is -1.90. The third-order valence-electron chi connectivity index (χ3n) is 1.75. The number of aliphatic hydroxyl groups is 1. The number of aliphatic hydroxyl groups excluding tert-OH is 1. The lowest BCUT2D eigenvalue weighted by molar-refractivity contribution is -0.104. The van der Waals surface area contributed by atoms with Gasteiger partial charge in [0.05, 0.1) is 5.76 Å². The highest BCUT2D eigenvalue weighted by molar-refractivity contribution is 6.33. The molecular formula is C11H10O3. The molecule has 0 aliphatic heterocycles. The molecule has 3 heteroatoms. The Bertz CT molecular complexity index is 363. The molecule has 0 aliphatic carbocycles. The topological polar surface area (TPSA) is 54.4 Å². The maximum absolute atomic E-state index is 10.9. The molecule has 0 bridgehead atoms. The van der Waals surface area contributed by atoms with Crippen molar-refractivity contribution in [3.05, 3.63) is 47.7 Å². The second-order valence-electron chi connectivity index (χ2n) is 2.92. The van der Waals surface area contributed by atoms with Crippen LogP contribution in [0.25, 0.3) is 0 Å². The van der Waals surface area contributed by atoms with Crippen molar-refractivity contribution in [2.45, 2.75) is 6.42 Å². The van der Waals surface area contributed by atoms with Crippen molar-refractivity contribution in [3.8, 4) is 0 Å². The minimum absolute atomic E-state index is 0.0689. The van der Waals surface area contributed by atoms with Gasteiger partial charge in [-0.25, -0.2) is 0 Å². The summed E-state index contributed by atoms with van der Waals surface area (Å²) < 4.78 is 0. The molecule has 72 valence electrons. The molecule has 1 rings (SSSR count). The molecule has 1 N–H and O–H groups in total. The molecule has 0 saturated carbocycles. The van der Waals surface area contributed by atoms with Gasteiger partial charge in [-0.1, -0.05) is 30.8 Å². The second kappa shape index (κ2) is 4.37. The molecule has 0 aromatic heterocycles. The zero-order valence-corrected chi connectivity index (χ0v) is 7.56. The van der Waals surface area contributed by atoms with E-state index < -0.39 is 5.78 Å². The molecule has 0 heterocycles. The van der Waals surface area contributed by atoms with E-state index >= 15 is 0 Å². The second-order valence-corrected chi connectivity index (χ2v) is 2.92. The summed E-state index contributed by atoms with van der Waals surface area (Å²) in [6, 6.07) is 6.46. The highest BCUT2D eigenvalue weighted by atomic mass is 16.3. The van der Waals surface area contributed by atoms with Crippen molar-refractivity contribution < 1.29 is 14.7 Å². The van der Waals surface area contributed by atoms with Gasteiger partial charge in [-0.05, 0) is 5.56 Å². The summed E-state index contributed by atoms with van der Waals surface area (Å²) in [5.41, 5.74) is 1.20. The van der Waals surface area contributed by atoms with Gasteiger partial charge < -0.3 is 5.11 Å². The molecule has 0 atom stereocenters. The third kappa shape index (κ3) is 2.55. The minimum atomic E-state index is -0.542. The Labute approximate surface area is 81.7 Å². The zero-order valence-electron chi connectivity index (χ0n) is 7.56. The third-order valence-corrected chi connectivity index (χ3v) is 1.75. The number of Topliss-reactive ketones (excluding diaryl/α,β-unsaturated/α-hetero) is 1. The van der Waals surface area contributed by atoms with E-state index in [0.29, 0.717) is 12.0 Å². The Balaban J connectivity index is 2.83. The van der Waals surface area contributed by atoms with Crippen LogP contribution in [-0.2, 0) is 11.2 Å². The van der Waals surface area contributed by atoms with Crippen LogP contribution in [0.1, 0.15) is 15.9 Å². The van der Waals surface area contributed by atoms with E-state index in [-0.39, 0.29) is 12.0 Å². The van der Waals surface area contributed by atoms with Gasteiger partial charge in [0.1, 0.15) is 0 Å². The largest absolute Gasteiger partial charge is 0.513 e. The van der Waals surface area contributed by atoms with E-state index in [4.69, 9.17) is 5.11 Å². The zero-order chi connectivity index (χ0) is 10.6. The molecule has 0 aliphatic rings. The van der Waals surface area contributed by atoms with E-state index in [1.165, 1.54) is 0 Å². The number of ketones is 1. The predicted octanol–water partition coefficient (Wildman–Crippen LogP) is 1.68. The van der Waals surface area contributed by atoms with Gasteiger partial charge in [-0.2, -0.15) is 0 Å². The summed E-state index contributed by atoms with van der Waals surface area (Å²) in [5, 5.41) is 8.91. The summed E-state index contributed by atoms with van der Waals surface area (Å²) in [6.07, 6.45) is 0.634. The van der Waals surface area contributed by atoms with E-state index in [2.05, 4.69) is 6.58 Å². The molecule has 14 heavy (non-hydrogen) atoms. The highest BCUT2D eigenvalue weighted by Gasteiger charge is 2.03. The molecular weight excluding hydrogens is 180 g/mol. The molecule has 0 spiro atoms. The van der Waals surface area contributed by atoms with Gasteiger partial charge >= 0.3 is 0 Å². The van der Waals surface area contributed by atoms with E-state index in [0.717, 1.165) is 5.56 Å². The quantitative estimate of drug-likeness (QED) is 0.340. The first kappa shape index (κ1) is 10.2. The normalized spacial score (nSPS) is 9.43. The van der Waals surface area contributed by atoms with Gasteiger partial charge in [0.2, 0.25) is 5.78 Å². The Morgan fingerprint density at radius 1 is 1.36 bits per heavy atom. The average molecular weight is 190 g/mol. The molecule has 0 unspecified atom stereocenters. The summed E-state index contributed by atoms with van der Waals surface area (Å²) in [4.78, 5) is 21.1. The van der Waals surface area contributed by atoms with Crippen LogP contribution in [0, 0.1) is 0 Å². The minimum Gasteiger partial charge on any atom is -0.513 e. The summed E-state index contributed by atoms with van der Waals surface area (Å²) in [7, 11) is 0. The smallest absolute Gasteiger partial charge is 0.225 e. The van der Waals surface area contributed by atoms with Gasteiger partial charge in [0.25, 0.3) is 0 Å².